The second-order valence-corrected chi connectivity index (χ2v) is 9.64. The Morgan fingerprint density at radius 1 is 1.10 bits per heavy atom. The molecule has 29 heavy (non-hydrogen) atoms. The highest BCUT2D eigenvalue weighted by atomic mass is 79.9. The summed E-state index contributed by atoms with van der Waals surface area (Å²) in [7, 11) is -1.90. The Hall–Kier alpha value is -2.30. The van der Waals surface area contributed by atoms with E-state index in [0.717, 1.165) is 21.7 Å². The number of nitrogens with zero attached hydrogens (tertiary/aromatic N) is 5. The molecule has 0 N–H and O–H groups in total. The fourth-order valence-electron chi connectivity index (χ4n) is 3.49. The van der Waals surface area contributed by atoms with Gasteiger partial charge in [-0.1, -0.05) is 22.0 Å². The third-order valence-corrected chi connectivity index (χ3v) is 7.45. The van der Waals surface area contributed by atoms with E-state index in [1.165, 1.54) is 4.31 Å². The number of hydrogen-bond acceptors (Lipinski definition) is 6. The van der Waals surface area contributed by atoms with Gasteiger partial charge >= 0.3 is 0 Å². The molecule has 1 aliphatic rings. The lowest BCUT2D eigenvalue weighted by molar-refractivity contribution is 0.311. The Morgan fingerprint density at radius 3 is 2.48 bits per heavy atom. The molecule has 2 heterocycles. The number of piperidine rings is 1. The highest BCUT2D eigenvalue weighted by Gasteiger charge is 2.32. The van der Waals surface area contributed by atoms with Crippen molar-refractivity contribution in [3.8, 4) is 11.4 Å². The first kappa shape index (κ1) is 20.0. The maximum Gasteiger partial charge on any atom is 0.243 e. The van der Waals surface area contributed by atoms with Gasteiger partial charge in [0.05, 0.1) is 17.7 Å². The molecule has 0 spiro atoms. The summed E-state index contributed by atoms with van der Waals surface area (Å²) in [6.45, 7) is 0.851. The van der Waals surface area contributed by atoms with Gasteiger partial charge in [-0.05, 0) is 65.7 Å². The van der Waals surface area contributed by atoms with E-state index < -0.39 is 10.0 Å². The van der Waals surface area contributed by atoms with Gasteiger partial charge < -0.3 is 4.74 Å². The van der Waals surface area contributed by atoms with Crippen molar-refractivity contribution in [3.63, 3.8) is 0 Å². The molecule has 0 radical (unpaired) electrons. The molecule has 10 heteroatoms. The van der Waals surface area contributed by atoms with Crippen LogP contribution in [0.2, 0.25) is 0 Å². The van der Waals surface area contributed by atoms with Crippen molar-refractivity contribution >= 4 is 26.0 Å². The molecule has 0 atom stereocenters. The summed E-state index contributed by atoms with van der Waals surface area (Å²) in [6, 6.07) is 14.3. The summed E-state index contributed by atoms with van der Waals surface area (Å²) in [6.07, 6.45) is 1.31. The van der Waals surface area contributed by atoms with Gasteiger partial charge in [0.2, 0.25) is 10.0 Å². The highest BCUT2D eigenvalue weighted by Crippen LogP contribution is 2.31. The van der Waals surface area contributed by atoms with E-state index in [0.29, 0.717) is 30.8 Å². The average Bonchev–Trinajstić information content (AvgIpc) is 3.24. The van der Waals surface area contributed by atoms with Crippen molar-refractivity contribution in [2.75, 3.05) is 20.2 Å². The van der Waals surface area contributed by atoms with E-state index in [2.05, 4.69) is 31.5 Å². The smallest absolute Gasteiger partial charge is 0.243 e. The lowest BCUT2D eigenvalue weighted by Crippen LogP contribution is -2.38. The Labute approximate surface area is 177 Å². The quantitative estimate of drug-likeness (QED) is 0.560. The van der Waals surface area contributed by atoms with Gasteiger partial charge in [-0.25, -0.2) is 8.42 Å². The fraction of sp³-hybridized carbons (Fsp3) is 0.316. The van der Waals surface area contributed by atoms with Crippen molar-refractivity contribution in [1.29, 1.82) is 0 Å². The van der Waals surface area contributed by atoms with Crippen molar-refractivity contribution in [2.45, 2.75) is 23.7 Å². The first-order valence-corrected chi connectivity index (χ1v) is 11.4. The standard InChI is InChI=1S/C19H20BrN5O3S/c1-28-17-7-5-16(6-8-17)25-19(21-22-23-25)14-9-11-24(12-10-14)29(26,27)18-4-2-3-15(20)13-18/h2-8,13-14H,9-12H2,1H3. The molecule has 0 aliphatic carbocycles. The number of methoxy groups -OCH3 is 1. The van der Waals surface area contributed by atoms with Gasteiger partial charge in [-0.3, -0.25) is 0 Å². The predicted octanol–water partition coefficient (Wildman–Crippen LogP) is 3.00. The predicted molar refractivity (Wildman–Crippen MR) is 111 cm³/mol. The molecule has 2 aromatic carbocycles. The van der Waals surface area contributed by atoms with Crippen molar-refractivity contribution in [3.05, 3.63) is 58.8 Å². The highest BCUT2D eigenvalue weighted by molar-refractivity contribution is 9.10. The fourth-order valence-corrected chi connectivity index (χ4v) is 5.55. The van der Waals surface area contributed by atoms with Gasteiger partial charge in [0.25, 0.3) is 0 Å². The number of halogens is 1. The Balaban J connectivity index is 1.50. The Bertz CT molecular complexity index is 1090. The summed E-state index contributed by atoms with van der Waals surface area (Å²) in [5.74, 6) is 1.59. The SMILES string of the molecule is COc1ccc(-n2nnnc2C2CCN(S(=O)(=O)c3cccc(Br)c3)CC2)cc1. The third-order valence-electron chi connectivity index (χ3n) is 5.06. The molecule has 0 bridgehead atoms. The van der Waals surface area contributed by atoms with Crippen LogP contribution in [0.4, 0.5) is 0 Å². The molecule has 1 aromatic heterocycles. The topological polar surface area (TPSA) is 90.2 Å². The molecule has 0 saturated carbocycles. The maximum atomic E-state index is 12.9. The largest absolute Gasteiger partial charge is 0.497 e. The van der Waals surface area contributed by atoms with Crippen molar-refractivity contribution in [1.82, 2.24) is 24.5 Å². The number of tetrazole rings is 1. The maximum absolute atomic E-state index is 12.9. The summed E-state index contributed by atoms with van der Waals surface area (Å²) in [5, 5.41) is 12.2. The normalized spacial score (nSPS) is 16.1. The van der Waals surface area contributed by atoms with Crippen LogP contribution in [0.1, 0.15) is 24.6 Å². The van der Waals surface area contributed by atoms with E-state index in [-0.39, 0.29) is 5.92 Å². The zero-order chi connectivity index (χ0) is 20.4. The summed E-state index contributed by atoms with van der Waals surface area (Å²) in [4.78, 5) is 0.299. The molecular weight excluding hydrogens is 458 g/mol. The number of rotatable bonds is 5. The van der Waals surface area contributed by atoms with Crippen LogP contribution in [0.5, 0.6) is 5.75 Å². The molecule has 152 valence electrons. The molecule has 8 nitrogen and oxygen atoms in total. The van der Waals surface area contributed by atoms with Crippen LogP contribution < -0.4 is 4.74 Å². The minimum absolute atomic E-state index is 0.0843. The van der Waals surface area contributed by atoms with E-state index in [1.807, 2.05) is 30.3 Å². The Morgan fingerprint density at radius 2 is 1.83 bits per heavy atom. The third kappa shape index (κ3) is 4.05. The van der Waals surface area contributed by atoms with E-state index >= 15 is 0 Å². The number of aromatic nitrogens is 4. The zero-order valence-electron chi connectivity index (χ0n) is 15.8. The second kappa shape index (κ2) is 8.21. The van der Waals surface area contributed by atoms with Gasteiger partial charge in [0.15, 0.2) is 5.82 Å². The van der Waals surface area contributed by atoms with Gasteiger partial charge in [0.1, 0.15) is 5.75 Å². The van der Waals surface area contributed by atoms with E-state index in [4.69, 9.17) is 4.74 Å². The van der Waals surface area contributed by atoms with Crippen LogP contribution in [-0.2, 0) is 10.0 Å². The molecule has 1 aliphatic heterocycles. The molecule has 0 unspecified atom stereocenters. The van der Waals surface area contributed by atoms with E-state index in [9.17, 15) is 8.42 Å². The lowest BCUT2D eigenvalue weighted by atomic mass is 9.97. The lowest BCUT2D eigenvalue weighted by Gasteiger charge is -2.30. The molecule has 1 saturated heterocycles. The molecular formula is C19H20BrN5O3S. The number of sulfonamides is 1. The molecule has 0 amide bonds. The molecule has 4 rings (SSSR count). The second-order valence-electron chi connectivity index (χ2n) is 6.78. The Kier molecular flexibility index (Phi) is 5.66. The van der Waals surface area contributed by atoms with Gasteiger partial charge in [0, 0.05) is 23.5 Å². The van der Waals surface area contributed by atoms with Crippen molar-refractivity contribution < 1.29 is 13.2 Å². The van der Waals surface area contributed by atoms with Gasteiger partial charge in [-0.2, -0.15) is 8.99 Å². The molecule has 1 fully saturated rings. The van der Waals surface area contributed by atoms with E-state index in [1.54, 1.807) is 30.0 Å². The summed E-state index contributed by atoms with van der Waals surface area (Å²) in [5.41, 5.74) is 0.843. The van der Waals surface area contributed by atoms with Crippen LogP contribution in [-0.4, -0.2) is 53.1 Å². The van der Waals surface area contributed by atoms with Gasteiger partial charge in [-0.15, -0.1) is 5.10 Å². The summed E-state index contributed by atoms with van der Waals surface area (Å²) < 4.78 is 35.0. The molecule has 3 aromatic rings. The van der Waals surface area contributed by atoms with Crippen molar-refractivity contribution in [2.24, 2.45) is 0 Å². The van der Waals surface area contributed by atoms with Crippen LogP contribution in [0.3, 0.4) is 0 Å². The van der Waals surface area contributed by atoms with Crippen LogP contribution in [0.15, 0.2) is 57.9 Å². The minimum Gasteiger partial charge on any atom is -0.497 e. The first-order valence-electron chi connectivity index (χ1n) is 9.17. The number of ether oxygens (including phenoxy) is 1. The number of benzene rings is 2. The summed E-state index contributed by atoms with van der Waals surface area (Å²) >= 11 is 3.34. The van der Waals surface area contributed by atoms with Crippen LogP contribution in [0.25, 0.3) is 5.69 Å². The monoisotopic (exact) mass is 477 g/mol. The zero-order valence-corrected chi connectivity index (χ0v) is 18.2. The first-order chi connectivity index (χ1) is 14.0. The average molecular weight is 478 g/mol. The van der Waals surface area contributed by atoms with Crippen LogP contribution >= 0.6 is 15.9 Å². The minimum atomic E-state index is -3.52. The number of hydrogen-bond donors (Lipinski definition) is 0. The van der Waals surface area contributed by atoms with Crippen LogP contribution in [0, 0.1) is 0 Å².